The fourth-order valence-corrected chi connectivity index (χ4v) is 3.17. The highest BCUT2D eigenvalue weighted by atomic mass is 16.2. The van der Waals surface area contributed by atoms with E-state index in [1.54, 1.807) is 0 Å². The van der Waals surface area contributed by atoms with Gasteiger partial charge in [0.2, 0.25) is 0 Å². The van der Waals surface area contributed by atoms with Crippen LogP contribution < -0.4 is 0 Å². The molecule has 2 heterocycles. The first kappa shape index (κ1) is 9.68. The molecule has 3 fully saturated rings. The first-order valence-electron chi connectivity index (χ1n) is 6.57. The molecule has 4 rings (SSSR count). The van der Waals surface area contributed by atoms with E-state index < -0.39 is 0 Å². The van der Waals surface area contributed by atoms with Crippen LogP contribution in [-0.2, 0) is 0 Å². The summed E-state index contributed by atoms with van der Waals surface area (Å²) < 4.78 is 2.09. The van der Waals surface area contributed by atoms with Crippen LogP contribution in [0, 0.1) is 17.8 Å². The van der Waals surface area contributed by atoms with Crippen molar-refractivity contribution in [3.63, 3.8) is 0 Å². The summed E-state index contributed by atoms with van der Waals surface area (Å²) in [5.41, 5.74) is 0.630. The van der Waals surface area contributed by atoms with Crippen molar-refractivity contribution >= 4 is 5.91 Å². The third-order valence-electron chi connectivity index (χ3n) is 4.70. The van der Waals surface area contributed by atoms with Gasteiger partial charge in [-0.15, -0.1) is 0 Å². The number of nitrogens with zero attached hydrogens (tertiary/aromatic N) is 3. The maximum Gasteiger partial charge on any atom is 0.274 e. The normalized spacial score (nSPS) is 34.9. The fraction of sp³-hybridized carbons (Fsp3) is 0.692. The van der Waals surface area contributed by atoms with Gasteiger partial charge in [0.15, 0.2) is 0 Å². The van der Waals surface area contributed by atoms with E-state index in [2.05, 4.69) is 16.5 Å². The van der Waals surface area contributed by atoms with Crippen molar-refractivity contribution in [1.82, 2.24) is 14.5 Å². The van der Waals surface area contributed by atoms with Gasteiger partial charge in [-0.25, -0.2) is 4.98 Å². The van der Waals surface area contributed by atoms with Crippen molar-refractivity contribution in [2.45, 2.75) is 25.8 Å². The Morgan fingerprint density at radius 3 is 2.71 bits per heavy atom. The minimum absolute atomic E-state index is 0.129. The van der Waals surface area contributed by atoms with Crippen LogP contribution in [0.2, 0.25) is 0 Å². The number of amides is 1. The highest BCUT2D eigenvalue weighted by Gasteiger charge is 2.53. The van der Waals surface area contributed by atoms with E-state index in [1.807, 2.05) is 17.4 Å². The molecule has 2 atom stereocenters. The first-order valence-corrected chi connectivity index (χ1v) is 6.57. The molecule has 0 spiro atoms. The van der Waals surface area contributed by atoms with Crippen LogP contribution in [0.1, 0.15) is 36.3 Å². The molecule has 2 saturated carbocycles. The molecular weight excluding hydrogens is 214 g/mol. The second-order valence-corrected chi connectivity index (χ2v) is 5.83. The van der Waals surface area contributed by atoms with E-state index in [4.69, 9.17) is 0 Å². The molecule has 1 amide bonds. The average Bonchev–Trinajstić information content (AvgIpc) is 3.14. The summed E-state index contributed by atoms with van der Waals surface area (Å²) in [6, 6.07) is 0.607. The molecule has 1 saturated heterocycles. The topological polar surface area (TPSA) is 38.1 Å². The summed E-state index contributed by atoms with van der Waals surface area (Å²) in [5.74, 6) is 2.50. The SMILES string of the molecule is CC1C2CN(C(=O)c3cn(C4CC4)cn3)CC12. The first-order chi connectivity index (χ1) is 8.24. The number of aromatic nitrogens is 2. The van der Waals surface area contributed by atoms with Gasteiger partial charge in [-0.05, 0) is 30.6 Å². The Kier molecular flexibility index (Phi) is 1.78. The minimum Gasteiger partial charge on any atom is -0.337 e. The smallest absolute Gasteiger partial charge is 0.274 e. The second kappa shape index (κ2) is 3.12. The van der Waals surface area contributed by atoms with Crippen LogP contribution in [0.15, 0.2) is 12.5 Å². The van der Waals surface area contributed by atoms with Crippen LogP contribution in [0.4, 0.5) is 0 Å². The number of carbonyl (C=O) groups excluding carboxylic acids is 1. The maximum atomic E-state index is 12.2. The summed E-state index contributed by atoms with van der Waals surface area (Å²) in [5, 5.41) is 0. The predicted molar refractivity (Wildman–Crippen MR) is 62.5 cm³/mol. The van der Waals surface area contributed by atoms with Crippen LogP contribution in [-0.4, -0.2) is 33.4 Å². The predicted octanol–water partition coefficient (Wildman–Crippen LogP) is 1.56. The Morgan fingerprint density at radius 1 is 1.35 bits per heavy atom. The summed E-state index contributed by atoms with van der Waals surface area (Å²) >= 11 is 0. The molecule has 4 nitrogen and oxygen atoms in total. The van der Waals surface area contributed by atoms with Crippen molar-refractivity contribution in [2.75, 3.05) is 13.1 Å². The largest absolute Gasteiger partial charge is 0.337 e. The monoisotopic (exact) mass is 231 g/mol. The quantitative estimate of drug-likeness (QED) is 0.774. The van der Waals surface area contributed by atoms with Crippen LogP contribution in [0.3, 0.4) is 0 Å². The lowest BCUT2D eigenvalue weighted by atomic mass is 10.3. The summed E-state index contributed by atoms with van der Waals surface area (Å²) in [6.45, 7) is 4.18. The van der Waals surface area contributed by atoms with Crippen molar-refractivity contribution in [3.05, 3.63) is 18.2 Å². The number of fused-ring (bicyclic) bond motifs is 1. The molecular formula is C13H17N3O. The Balaban J connectivity index is 1.48. The molecule has 0 bridgehead atoms. The molecule has 2 unspecified atom stereocenters. The van der Waals surface area contributed by atoms with Gasteiger partial charge in [0.25, 0.3) is 5.91 Å². The lowest BCUT2D eigenvalue weighted by Gasteiger charge is -2.17. The molecule has 0 N–H and O–H groups in total. The summed E-state index contributed by atoms with van der Waals surface area (Å²) in [4.78, 5) is 18.5. The van der Waals surface area contributed by atoms with E-state index in [1.165, 1.54) is 12.8 Å². The lowest BCUT2D eigenvalue weighted by molar-refractivity contribution is 0.0764. The molecule has 3 aliphatic rings. The van der Waals surface area contributed by atoms with E-state index in [9.17, 15) is 4.79 Å². The molecule has 4 heteroatoms. The van der Waals surface area contributed by atoms with E-state index >= 15 is 0 Å². The third kappa shape index (κ3) is 1.43. The summed E-state index contributed by atoms with van der Waals surface area (Å²) in [6.07, 6.45) is 6.20. The van der Waals surface area contributed by atoms with E-state index in [-0.39, 0.29) is 5.91 Å². The van der Waals surface area contributed by atoms with Crippen LogP contribution in [0.25, 0.3) is 0 Å². The minimum atomic E-state index is 0.129. The zero-order chi connectivity index (χ0) is 11.6. The molecule has 0 radical (unpaired) electrons. The van der Waals surface area contributed by atoms with Gasteiger partial charge in [-0.1, -0.05) is 6.92 Å². The average molecular weight is 231 g/mol. The number of hydrogen-bond donors (Lipinski definition) is 0. The van der Waals surface area contributed by atoms with Gasteiger partial charge >= 0.3 is 0 Å². The summed E-state index contributed by atoms with van der Waals surface area (Å²) in [7, 11) is 0. The number of hydrogen-bond acceptors (Lipinski definition) is 2. The number of imidazole rings is 1. The zero-order valence-electron chi connectivity index (χ0n) is 10.0. The molecule has 1 aliphatic heterocycles. The highest BCUT2D eigenvalue weighted by molar-refractivity contribution is 5.92. The Labute approximate surface area is 101 Å². The Hall–Kier alpha value is -1.32. The second-order valence-electron chi connectivity index (χ2n) is 5.83. The van der Waals surface area contributed by atoms with E-state index in [0.717, 1.165) is 30.8 Å². The number of carbonyl (C=O) groups is 1. The Bertz CT molecular complexity index is 465. The van der Waals surface area contributed by atoms with Gasteiger partial charge in [-0.3, -0.25) is 4.79 Å². The van der Waals surface area contributed by atoms with Gasteiger partial charge in [0.1, 0.15) is 5.69 Å². The van der Waals surface area contributed by atoms with Crippen molar-refractivity contribution in [3.8, 4) is 0 Å². The van der Waals surface area contributed by atoms with Gasteiger partial charge in [-0.2, -0.15) is 0 Å². The third-order valence-corrected chi connectivity index (χ3v) is 4.70. The van der Waals surface area contributed by atoms with Gasteiger partial charge in [0.05, 0.1) is 6.33 Å². The standard InChI is InChI=1S/C13H17N3O/c1-8-10-4-15(5-11(8)10)13(17)12-6-16(7-14-12)9-2-3-9/h6-11H,2-5H2,1H3. The molecule has 17 heavy (non-hydrogen) atoms. The van der Waals surface area contributed by atoms with Crippen molar-refractivity contribution in [2.24, 2.45) is 17.8 Å². The Morgan fingerprint density at radius 2 is 2.06 bits per heavy atom. The lowest BCUT2D eigenvalue weighted by Crippen LogP contribution is -2.31. The van der Waals surface area contributed by atoms with Crippen LogP contribution in [0.5, 0.6) is 0 Å². The fourth-order valence-electron chi connectivity index (χ4n) is 3.17. The van der Waals surface area contributed by atoms with Crippen LogP contribution >= 0.6 is 0 Å². The van der Waals surface area contributed by atoms with E-state index in [0.29, 0.717) is 11.7 Å². The zero-order valence-corrected chi connectivity index (χ0v) is 10.0. The molecule has 0 aromatic carbocycles. The molecule has 1 aromatic rings. The van der Waals surface area contributed by atoms with Crippen molar-refractivity contribution in [1.29, 1.82) is 0 Å². The number of likely N-dealkylation sites (tertiary alicyclic amines) is 1. The van der Waals surface area contributed by atoms with Gasteiger partial charge < -0.3 is 9.47 Å². The number of rotatable bonds is 2. The molecule has 90 valence electrons. The number of piperidine rings is 1. The molecule has 2 aliphatic carbocycles. The molecule has 1 aromatic heterocycles. The maximum absolute atomic E-state index is 12.2. The van der Waals surface area contributed by atoms with Gasteiger partial charge in [0, 0.05) is 25.3 Å². The highest BCUT2D eigenvalue weighted by Crippen LogP contribution is 2.51. The van der Waals surface area contributed by atoms with Crippen molar-refractivity contribution < 1.29 is 4.79 Å².